The number of rotatable bonds is 5. The summed E-state index contributed by atoms with van der Waals surface area (Å²) in [4.78, 5) is 23.1. The molecular formula is C10H12N6O2. The molecule has 2 heterocycles. The standard InChI is InChI=1S/C10H12N6O2/c1-18-9(17)8-2-3-12-10(15-8)13-4-5-16-7-11-6-14-16/h2-3,6-7H,4-5H2,1H3,(H,12,13,15). The van der Waals surface area contributed by atoms with E-state index in [0.29, 0.717) is 19.0 Å². The van der Waals surface area contributed by atoms with Gasteiger partial charge in [0.15, 0.2) is 5.69 Å². The van der Waals surface area contributed by atoms with Gasteiger partial charge in [-0.1, -0.05) is 0 Å². The summed E-state index contributed by atoms with van der Waals surface area (Å²) in [6, 6.07) is 1.49. The lowest BCUT2D eigenvalue weighted by Gasteiger charge is -2.05. The second-order valence-electron chi connectivity index (χ2n) is 3.34. The molecule has 0 aliphatic rings. The Morgan fingerprint density at radius 2 is 2.44 bits per heavy atom. The van der Waals surface area contributed by atoms with Gasteiger partial charge in [-0.2, -0.15) is 5.10 Å². The number of aromatic nitrogens is 5. The molecule has 18 heavy (non-hydrogen) atoms. The zero-order chi connectivity index (χ0) is 12.8. The highest BCUT2D eigenvalue weighted by Gasteiger charge is 2.07. The second-order valence-corrected chi connectivity index (χ2v) is 3.34. The first-order chi connectivity index (χ1) is 8.79. The summed E-state index contributed by atoms with van der Waals surface area (Å²) in [5.41, 5.74) is 0.218. The van der Waals surface area contributed by atoms with Crippen molar-refractivity contribution in [3.05, 3.63) is 30.6 Å². The molecule has 0 saturated heterocycles. The first kappa shape index (κ1) is 12.0. The Morgan fingerprint density at radius 1 is 1.56 bits per heavy atom. The molecule has 0 radical (unpaired) electrons. The highest BCUT2D eigenvalue weighted by atomic mass is 16.5. The van der Waals surface area contributed by atoms with Crippen LogP contribution >= 0.6 is 0 Å². The quantitative estimate of drug-likeness (QED) is 0.742. The molecule has 0 fully saturated rings. The fourth-order valence-corrected chi connectivity index (χ4v) is 1.29. The zero-order valence-electron chi connectivity index (χ0n) is 9.78. The third-order valence-corrected chi connectivity index (χ3v) is 2.14. The van der Waals surface area contributed by atoms with Crippen LogP contribution < -0.4 is 5.32 Å². The number of carbonyl (C=O) groups is 1. The molecule has 0 bridgehead atoms. The Labute approximate surface area is 103 Å². The summed E-state index contributed by atoms with van der Waals surface area (Å²) in [5, 5.41) is 6.94. The molecule has 0 aliphatic heterocycles. The van der Waals surface area contributed by atoms with E-state index < -0.39 is 5.97 Å². The van der Waals surface area contributed by atoms with Crippen LogP contribution in [0.3, 0.4) is 0 Å². The fraction of sp³-hybridized carbons (Fsp3) is 0.300. The summed E-state index contributed by atoms with van der Waals surface area (Å²) in [6.07, 6.45) is 4.58. The van der Waals surface area contributed by atoms with Crippen molar-refractivity contribution in [3.63, 3.8) is 0 Å². The van der Waals surface area contributed by atoms with E-state index in [1.807, 2.05) is 0 Å². The molecule has 0 aromatic carbocycles. The van der Waals surface area contributed by atoms with Gasteiger partial charge in [-0.3, -0.25) is 4.68 Å². The van der Waals surface area contributed by atoms with Gasteiger partial charge in [-0.15, -0.1) is 0 Å². The van der Waals surface area contributed by atoms with Crippen LogP contribution in [0.15, 0.2) is 24.9 Å². The largest absolute Gasteiger partial charge is 0.464 e. The number of anilines is 1. The summed E-state index contributed by atoms with van der Waals surface area (Å²) in [6.45, 7) is 1.21. The Kier molecular flexibility index (Phi) is 3.79. The number of carbonyl (C=O) groups excluding carboxylic acids is 1. The lowest BCUT2D eigenvalue weighted by Crippen LogP contribution is -2.14. The van der Waals surface area contributed by atoms with Gasteiger partial charge in [0.1, 0.15) is 12.7 Å². The maximum Gasteiger partial charge on any atom is 0.356 e. The molecule has 8 nitrogen and oxygen atoms in total. The normalized spacial score (nSPS) is 10.1. The van der Waals surface area contributed by atoms with Gasteiger partial charge in [0, 0.05) is 12.7 Å². The first-order valence-corrected chi connectivity index (χ1v) is 5.27. The van der Waals surface area contributed by atoms with Crippen molar-refractivity contribution in [1.29, 1.82) is 0 Å². The molecule has 0 saturated carbocycles. The molecule has 0 spiro atoms. The molecule has 2 aromatic heterocycles. The summed E-state index contributed by atoms with van der Waals surface area (Å²) in [7, 11) is 1.31. The molecule has 2 aromatic rings. The third kappa shape index (κ3) is 3.00. The van der Waals surface area contributed by atoms with E-state index in [4.69, 9.17) is 0 Å². The van der Waals surface area contributed by atoms with Gasteiger partial charge in [0.05, 0.1) is 13.7 Å². The minimum atomic E-state index is -0.489. The van der Waals surface area contributed by atoms with Crippen LogP contribution in [0.5, 0.6) is 0 Å². The number of methoxy groups -OCH3 is 1. The summed E-state index contributed by atoms with van der Waals surface area (Å²) < 4.78 is 6.25. The van der Waals surface area contributed by atoms with Crippen molar-refractivity contribution in [1.82, 2.24) is 24.7 Å². The molecule has 0 aliphatic carbocycles. The van der Waals surface area contributed by atoms with Crippen LogP contribution in [0.25, 0.3) is 0 Å². The second kappa shape index (κ2) is 5.71. The molecule has 0 unspecified atom stereocenters. The molecule has 0 amide bonds. The van der Waals surface area contributed by atoms with Crippen LogP contribution in [0.2, 0.25) is 0 Å². The number of ether oxygens (including phenoxy) is 1. The zero-order valence-corrected chi connectivity index (χ0v) is 9.78. The molecular weight excluding hydrogens is 236 g/mol. The van der Waals surface area contributed by atoms with Crippen molar-refractivity contribution in [3.8, 4) is 0 Å². The van der Waals surface area contributed by atoms with Crippen LogP contribution in [0.1, 0.15) is 10.5 Å². The molecule has 1 N–H and O–H groups in total. The number of nitrogens with one attached hydrogen (secondary N) is 1. The van der Waals surface area contributed by atoms with Crippen molar-refractivity contribution >= 4 is 11.9 Å². The number of nitrogens with zero attached hydrogens (tertiary/aromatic N) is 5. The molecule has 0 atom stereocenters. The summed E-state index contributed by atoms with van der Waals surface area (Å²) in [5.74, 6) is -0.116. The van der Waals surface area contributed by atoms with Crippen molar-refractivity contribution < 1.29 is 9.53 Å². The van der Waals surface area contributed by atoms with Crippen LogP contribution in [-0.4, -0.2) is 44.4 Å². The maximum absolute atomic E-state index is 11.3. The molecule has 8 heteroatoms. The Balaban J connectivity index is 1.91. The van der Waals surface area contributed by atoms with E-state index in [2.05, 4.69) is 30.1 Å². The van der Waals surface area contributed by atoms with Gasteiger partial charge >= 0.3 is 5.97 Å². The van der Waals surface area contributed by atoms with Gasteiger partial charge < -0.3 is 10.1 Å². The van der Waals surface area contributed by atoms with Crippen LogP contribution in [0.4, 0.5) is 5.95 Å². The topological polar surface area (TPSA) is 94.8 Å². The van der Waals surface area contributed by atoms with E-state index in [9.17, 15) is 4.79 Å². The first-order valence-electron chi connectivity index (χ1n) is 5.27. The van der Waals surface area contributed by atoms with Gasteiger partial charge in [-0.05, 0) is 6.07 Å². The average molecular weight is 248 g/mol. The maximum atomic E-state index is 11.3. The Morgan fingerprint density at radius 3 is 3.17 bits per heavy atom. The smallest absolute Gasteiger partial charge is 0.356 e. The van der Waals surface area contributed by atoms with Crippen LogP contribution in [0, 0.1) is 0 Å². The van der Waals surface area contributed by atoms with Gasteiger partial charge in [0.2, 0.25) is 5.95 Å². The number of hydrogen-bond acceptors (Lipinski definition) is 7. The van der Waals surface area contributed by atoms with E-state index >= 15 is 0 Å². The van der Waals surface area contributed by atoms with Gasteiger partial charge in [0.25, 0.3) is 0 Å². The molecule has 2 rings (SSSR count). The van der Waals surface area contributed by atoms with E-state index in [1.54, 1.807) is 11.0 Å². The highest BCUT2D eigenvalue weighted by molar-refractivity contribution is 5.87. The Hall–Kier alpha value is -2.51. The van der Waals surface area contributed by atoms with E-state index in [-0.39, 0.29) is 5.69 Å². The number of esters is 1. The lowest BCUT2D eigenvalue weighted by atomic mass is 10.4. The minimum Gasteiger partial charge on any atom is -0.464 e. The monoisotopic (exact) mass is 248 g/mol. The fourth-order valence-electron chi connectivity index (χ4n) is 1.29. The van der Waals surface area contributed by atoms with E-state index in [0.717, 1.165) is 0 Å². The van der Waals surface area contributed by atoms with E-state index in [1.165, 1.54) is 25.7 Å². The highest BCUT2D eigenvalue weighted by Crippen LogP contribution is 2.01. The van der Waals surface area contributed by atoms with Crippen molar-refractivity contribution in [2.24, 2.45) is 0 Å². The minimum absolute atomic E-state index is 0.218. The Bertz CT molecular complexity index is 513. The predicted molar refractivity (Wildman–Crippen MR) is 61.9 cm³/mol. The molecule has 94 valence electrons. The van der Waals surface area contributed by atoms with Crippen LogP contribution in [-0.2, 0) is 11.3 Å². The van der Waals surface area contributed by atoms with Crippen molar-refractivity contribution in [2.75, 3.05) is 19.0 Å². The summed E-state index contributed by atoms with van der Waals surface area (Å²) >= 11 is 0. The third-order valence-electron chi connectivity index (χ3n) is 2.14. The predicted octanol–water partition coefficient (Wildman–Crippen LogP) is -0.0332. The lowest BCUT2D eigenvalue weighted by molar-refractivity contribution is 0.0594. The SMILES string of the molecule is COC(=O)c1ccnc(NCCn2cncn2)n1. The number of hydrogen-bond donors (Lipinski definition) is 1. The average Bonchev–Trinajstić information content (AvgIpc) is 2.91. The van der Waals surface area contributed by atoms with Gasteiger partial charge in [-0.25, -0.2) is 19.7 Å². The van der Waals surface area contributed by atoms with Crippen molar-refractivity contribution in [2.45, 2.75) is 6.54 Å².